The van der Waals surface area contributed by atoms with E-state index in [0.29, 0.717) is 23.4 Å². The maximum Gasteiger partial charge on any atom is 0.241 e. The molecule has 3 aromatic rings. The fraction of sp³-hybridized carbons (Fsp3) is 0.240. The summed E-state index contributed by atoms with van der Waals surface area (Å²) in [6.45, 7) is 0.00607. The molecule has 5 N–H and O–H groups in total. The number of aliphatic hydroxyl groups is 1. The number of aliphatic hydroxyl groups excluding tert-OH is 1. The van der Waals surface area contributed by atoms with E-state index in [4.69, 9.17) is 4.74 Å². The van der Waals surface area contributed by atoms with Crippen LogP contribution in [0.3, 0.4) is 0 Å². The number of nitrogens with one attached hydrogen (secondary N) is 3. The van der Waals surface area contributed by atoms with Gasteiger partial charge in [0.05, 0.1) is 31.2 Å². The van der Waals surface area contributed by atoms with Crippen molar-refractivity contribution in [2.75, 3.05) is 29.9 Å². The molecule has 10 heteroatoms. The summed E-state index contributed by atoms with van der Waals surface area (Å²) in [4.78, 5) is 13.1. The summed E-state index contributed by atoms with van der Waals surface area (Å²) in [5.41, 5.74) is 1.87. The van der Waals surface area contributed by atoms with Crippen molar-refractivity contribution in [1.82, 2.24) is 5.32 Å². The summed E-state index contributed by atoms with van der Waals surface area (Å²) in [6.07, 6.45) is 0.247. The van der Waals surface area contributed by atoms with E-state index in [9.17, 15) is 23.4 Å². The lowest BCUT2D eigenvalue weighted by atomic mass is 10.0. The quantitative estimate of drug-likeness (QED) is 0.256. The normalized spacial score (nSPS) is 13.0. The van der Waals surface area contributed by atoms with Gasteiger partial charge in [-0.25, -0.2) is 8.42 Å². The van der Waals surface area contributed by atoms with Gasteiger partial charge in [0, 0.05) is 12.2 Å². The molecule has 0 radical (unpaired) electrons. The van der Waals surface area contributed by atoms with Crippen molar-refractivity contribution < 1.29 is 28.2 Å². The van der Waals surface area contributed by atoms with Gasteiger partial charge in [-0.1, -0.05) is 36.4 Å². The summed E-state index contributed by atoms with van der Waals surface area (Å²) in [5, 5.41) is 26.6. The Labute approximate surface area is 204 Å². The number of benzene rings is 3. The first-order valence-electron chi connectivity index (χ1n) is 10.9. The zero-order valence-electron chi connectivity index (χ0n) is 19.4. The Bertz CT molecular complexity index is 1230. The lowest BCUT2D eigenvalue weighted by Crippen LogP contribution is -2.43. The molecule has 2 atom stereocenters. The van der Waals surface area contributed by atoms with Crippen LogP contribution in [0.4, 0.5) is 11.4 Å². The van der Waals surface area contributed by atoms with Crippen molar-refractivity contribution in [2.45, 2.75) is 18.6 Å². The lowest BCUT2D eigenvalue weighted by molar-refractivity contribution is -0.118. The Balaban J connectivity index is 1.74. The molecular formula is C25H29N3O6S. The maximum absolute atomic E-state index is 13.1. The highest BCUT2D eigenvalue weighted by molar-refractivity contribution is 7.92. The monoisotopic (exact) mass is 499 g/mol. The zero-order valence-corrected chi connectivity index (χ0v) is 20.2. The van der Waals surface area contributed by atoms with Gasteiger partial charge in [-0.15, -0.1) is 0 Å². The van der Waals surface area contributed by atoms with Crippen LogP contribution in [-0.4, -0.2) is 50.5 Å². The molecule has 1 amide bonds. The number of ether oxygens (including phenoxy) is 1. The molecule has 35 heavy (non-hydrogen) atoms. The minimum absolute atomic E-state index is 0.00607. The van der Waals surface area contributed by atoms with Gasteiger partial charge >= 0.3 is 0 Å². The molecule has 0 heterocycles. The van der Waals surface area contributed by atoms with Crippen LogP contribution in [0.25, 0.3) is 0 Å². The first kappa shape index (κ1) is 26.0. The largest absolute Gasteiger partial charge is 0.506 e. The third-order valence-electron chi connectivity index (χ3n) is 5.22. The molecule has 0 fully saturated rings. The van der Waals surface area contributed by atoms with E-state index >= 15 is 0 Å². The Morgan fingerprint density at radius 3 is 2.34 bits per heavy atom. The standard InChI is InChI=1S/C25H29N3O6S/c1-34-20-11-8-17(9-12-20)14-22(25(31)27-19-6-4-3-5-7-19)26-16-24(30)18-10-13-23(29)21(15-18)28-35(2,32)33/h3-13,15,22,24,26,28-30H,14,16H2,1-2H3,(H,27,31)/t22-,24+/m1/s1. The van der Waals surface area contributed by atoms with Gasteiger partial charge in [-0.3, -0.25) is 9.52 Å². The summed E-state index contributed by atoms with van der Waals surface area (Å²) in [6, 6.07) is 19.8. The van der Waals surface area contributed by atoms with Crippen molar-refractivity contribution in [2.24, 2.45) is 0 Å². The van der Waals surface area contributed by atoms with Crippen LogP contribution in [0.15, 0.2) is 72.8 Å². The molecule has 186 valence electrons. The molecule has 0 bridgehead atoms. The number of hydrogen-bond acceptors (Lipinski definition) is 7. The van der Waals surface area contributed by atoms with Gasteiger partial charge < -0.3 is 25.6 Å². The zero-order chi connectivity index (χ0) is 25.4. The van der Waals surface area contributed by atoms with Crippen LogP contribution in [0.1, 0.15) is 17.2 Å². The average molecular weight is 500 g/mol. The van der Waals surface area contributed by atoms with Gasteiger partial charge in [0.25, 0.3) is 0 Å². The molecule has 0 spiro atoms. The fourth-order valence-corrected chi connectivity index (χ4v) is 3.98. The second-order valence-corrected chi connectivity index (χ2v) is 9.78. The maximum atomic E-state index is 13.1. The minimum Gasteiger partial charge on any atom is -0.506 e. The SMILES string of the molecule is COc1ccc(C[C@@H](NC[C@H](O)c2ccc(O)c(NS(C)(=O)=O)c2)C(=O)Nc2ccccc2)cc1. The van der Waals surface area contributed by atoms with E-state index < -0.39 is 22.2 Å². The van der Waals surface area contributed by atoms with Crippen LogP contribution >= 0.6 is 0 Å². The molecule has 3 aromatic carbocycles. The minimum atomic E-state index is -3.62. The Morgan fingerprint density at radius 2 is 1.71 bits per heavy atom. The molecule has 0 aromatic heterocycles. The Kier molecular flexibility index (Phi) is 8.69. The van der Waals surface area contributed by atoms with Crippen molar-refractivity contribution in [3.05, 3.63) is 83.9 Å². The average Bonchev–Trinajstić information content (AvgIpc) is 2.83. The topological polar surface area (TPSA) is 137 Å². The number of anilines is 2. The second kappa shape index (κ2) is 11.7. The van der Waals surface area contributed by atoms with Gasteiger partial charge in [0.15, 0.2) is 0 Å². The van der Waals surface area contributed by atoms with Crippen LogP contribution in [0.5, 0.6) is 11.5 Å². The summed E-state index contributed by atoms with van der Waals surface area (Å²) in [5.74, 6) is 0.163. The number of phenolic OH excluding ortho intramolecular Hbond substituents is 1. The lowest BCUT2D eigenvalue weighted by Gasteiger charge is -2.21. The third kappa shape index (κ3) is 7.99. The van der Waals surface area contributed by atoms with Gasteiger partial charge in [0.1, 0.15) is 11.5 Å². The molecule has 0 saturated heterocycles. The van der Waals surface area contributed by atoms with Crippen LogP contribution in [-0.2, 0) is 21.2 Å². The number of para-hydroxylation sites is 1. The number of sulfonamides is 1. The first-order valence-corrected chi connectivity index (χ1v) is 12.7. The fourth-order valence-electron chi connectivity index (χ4n) is 3.42. The highest BCUT2D eigenvalue weighted by Crippen LogP contribution is 2.28. The molecule has 0 aliphatic carbocycles. The van der Waals surface area contributed by atoms with E-state index in [0.717, 1.165) is 11.8 Å². The number of methoxy groups -OCH3 is 1. The summed E-state index contributed by atoms with van der Waals surface area (Å²) >= 11 is 0. The number of aromatic hydroxyl groups is 1. The van der Waals surface area contributed by atoms with Crippen molar-refractivity contribution >= 4 is 27.3 Å². The highest BCUT2D eigenvalue weighted by Gasteiger charge is 2.21. The van der Waals surface area contributed by atoms with Crippen LogP contribution < -0.4 is 20.1 Å². The highest BCUT2D eigenvalue weighted by atomic mass is 32.2. The van der Waals surface area contributed by atoms with Gasteiger partial charge in [-0.2, -0.15) is 0 Å². The first-order chi connectivity index (χ1) is 16.6. The smallest absolute Gasteiger partial charge is 0.241 e. The van der Waals surface area contributed by atoms with Crippen LogP contribution in [0, 0.1) is 0 Å². The van der Waals surface area contributed by atoms with Gasteiger partial charge in [-0.05, 0) is 53.9 Å². The number of rotatable bonds is 11. The molecule has 0 aliphatic rings. The van der Waals surface area contributed by atoms with E-state index in [1.807, 2.05) is 42.5 Å². The molecule has 0 unspecified atom stereocenters. The third-order valence-corrected chi connectivity index (χ3v) is 5.81. The molecule has 0 saturated carbocycles. The Hall–Kier alpha value is -3.60. The predicted molar refractivity (Wildman–Crippen MR) is 135 cm³/mol. The second-order valence-electron chi connectivity index (χ2n) is 8.03. The van der Waals surface area contributed by atoms with Crippen molar-refractivity contribution in [1.29, 1.82) is 0 Å². The van der Waals surface area contributed by atoms with E-state index in [1.54, 1.807) is 19.2 Å². The summed E-state index contributed by atoms with van der Waals surface area (Å²) < 4.78 is 30.5. The van der Waals surface area contributed by atoms with E-state index in [2.05, 4.69) is 15.4 Å². The van der Waals surface area contributed by atoms with Crippen molar-refractivity contribution in [3.63, 3.8) is 0 Å². The molecular weight excluding hydrogens is 470 g/mol. The predicted octanol–water partition coefficient (Wildman–Crippen LogP) is 2.65. The Morgan fingerprint density at radius 1 is 1.03 bits per heavy atom. The number of amides is 1. The number of phenols is 1. The van der Waals surface area contributed by atoms with Gasteiger partial charge in [0.2, 0.25) is 15.9 Å². The number of carbonyl (C=O) groups excluding carboxylic acids is 1. The molecule has 9 nitrogen and oxygen atoms in total. The van der Waals surface area contributed by atoms with Crippen LogP contribution in [0.2, 0.25) is 0 Å². The summed E-state index contributed by atoms with van der Waals surface area (Å²) in [7, 11) is -2.04. The molecule has 0 aliphatic heterocycles. The number of hydrogen-bond donors (Lipinski definition) is 5. The number of carbonyl (C=O) groups is 1. The van der Waals surface area contributed by atoms with Crippen molar-refractivity contribution in [3.8, 4) is 11.5 Å². The van der Waals surface area contributed by atoms with E-state index in [1.165, 1.54) is 18.2 Å². The van der Waals surface area contributed by atoms with E-state index in [-0.39, 0.29) is 23.9 Å². The molecule has 3 rings (SSSR count).